The van der Waals surface area contributed by atoms with Crippen molar-refractivity contribution in [3.05, 3.63) is 58.2 Å². The Bertz CT molecular complexity index is 560. The maximum Gasteiger partial charge on any atom is 0.131 e. The highest BCUT2D eigenvalue weighted by molar-refractivity contribution is 6.29. The molecule has 1 aromatic heterocycles. The first-order chi connectivity index (χ1) is 8.72. The van der Waals surface area contributed by atoms with Crippen LogP contribution in [0, 0.1) is 6.92 Å². The molecule has 0 unspecified atom stereocenters. The summed E-state index contributed by atoms with van der Waals surface area (Å²) in [6.07, 6.45) is 1.07. The number of hydrogen-bond acceptors (Lipinski definition) is 2. The quantitative estimate of drug-likeness (QED) is 0.727. The van der Waals surface area contributed by atoms with Gasteiger partial charge >= 0.3 is 0 Å². The number of nitrogens with zero attached hydrogens (tertiary/aromatic N) is 2. The SMILES string of the molecule is Cc1cc(Cl)nc(N2CCc3ccccc3C2)c1. The van der Waals surface area contributed by atoms with E-state index in [-0.39, 0.29) is 0 Å². The molecule has 0 saturated heterocycles. The number of aryl methyl sites for hydroxylation is 1. The van der Waals surface area contributed by atoms with E-state index in [1.165, 1.54) is 11.1 Å². The Morgan fingerprint density at radius 1 is 1.17 bits per heavy atom. The van der Waals surface area contributed by atoms with Crippen LogP contribution >= 0.6 is 11.6 Å². The average molecular weight is 259 g/mol. The van der Waals surface area contributed by atoms with Crippen molar-refractivity contribution >= 4 is 17.4 Å². The highest BCUT2D eigenvalue weighted by Crippen LogP contribution is 2.24. The molecule has 2 aromatic rings. The van der Waals surface area contributed by atoms with Gasteiger partial charge < -0.3 is 4.90 Å². The van der Waals surface area contributed by atoms with Gasteiger partial charge in [-0.2, -0.15) is 0 Å². The fraction of sp³-hybridized carbons (Fsp3) is 0.267. The summed E-state index contributed by atoms with van der Waals surface area (Å²) in [5.74, 6) is 0.981. The first kappa shape index (κ1) is 11.5. The van der Waals surface area contributed by atoms with Crippen LogP contribution in [0.4, 0.5) is 5.82 Å². The number of rotatable bonds is 1. The molecule has 0 amide bonds. The molecular formula is C15H15ClN2. The van der Waals surface area contributed by atoms with Gasteiger partial charge in [-0.1, -0.05) is 35.9 Å². The summed E-state index contributed by atoms with van der Waals surface area (Å²) >= 11 is 6.03. The molecule has 18 heavy (non-hydrogen) atoms. The summed E-state index contributed by atoms with van der Waals surface area (Å²) in [6.45, 7) is 3.97. The Hall–Kier alpha value is -1.54. The standard InChI is InChI=1S/C15H15ClN2/c1-11-8-14(16)17-15(9-11)18-7-6-12-4-2-3-5-13(12)10-18/h2-5,8-9H,6-7,10H2,1H3. The first-order valence-corrected chi connectivity index (χ1v) is 6.56. The zero-order valence-electron chi connectivity index (χ0n) is 10.4. The van der Waals surface area contributed by atoms with Crippen molar-refractivity contribution in [3.8, 4) is 0 Å². The van der Waals surface area contributed by atoms with Crippen molar-refractivity contribution in [2.75, 3.05) is 11.4 Å². The Kier molecular flexibility index (Phi) is 2.96. The van der Waals surface area contributed by atoms with Gasteiger partial charge in [0, 0.05) is 13.1 Å². The van der Waals surface area contributed by atoms with E-state index in [2.05, 4.69) is 47.1 Å². The van der Waals surface area contributed by atoms with Crippen LogP contribution in [0.3, 0.4) is 0 Å². The third-order valence-corrected chi connectivity index (χ3v) is 3.57. The van der Waals surface area contributed by atoms with Gasteiger partial charge in [0.1, 0.15) is 11.0 Å². The highest BCUT2D eigenvalue weighted by Gasteiger charge is 2.17. The Morgan fingerprint density at radius 2 is 1.94 bits per heavy atom. The zero-order chi connectivity index (χ0) is 12.5. The summed E-state index contributed by atoms with van der Waals surface area (Å²) in [5, 5.41) is 0.573. The van der Waals surface area contributed by atoms with Gasteiger partial charge in [-0.15, -0.1) is 0 Å². The predicted octanol–water partition coefficient (Wildman–Crippen LogP) is 3.61. The molecule has 0 N–H and O–H groups in total. The Morgan fingerprint density at radius 3 is 2.72 bits per heavy atom. The van der Waals surface area contributed by atoms with E-state index in [9.17, 15) is 0 Å². The number of aromatic nitrogens is 1. The molecule has 0 aliphatic carbocycles. The van der Waals surface area contributed by atoms with Crippen LogP contribution in [0.5, 0.6) is 0 Å². The van der Waals surface area contributed by atoms with Crippen LogP contribution in [-0.4, -0.2) is 11.5 Å². The summed E-state index contributed by atoms with van der Waals surface area (Å²) in [6, 6.07) is 12.6. The lowest BCUT2D eigenvalue weighted by molar-refractivity contribution is 0.720. The second kappa shape index (κ2) is 4.62. The van der Waals surface area contributed by atoms with E-state index in [1.54, 1.807) is 0 Å². The molecule has 1 aromatic carbocycles. The molecule has 0 radical (unpaired) electrons. The van der Waals surface area contributed by atoms with Crippen LogP contribution < -0.4 is 4.90 Å². The summed E-state index contributed by atoms with van der Waals surface area (Å²) in [5.41, 5.74) is 4.00. The normalized spacial score (nSPS) is 14.4. The van der Waals surface area contributed by atoms with Crippen molar-refractivity contribution in [1.29, 1.82) is 0 Å². The fourth-order valence-corrected chi connectivity index (χ4v) is 2.72. The van der Waals surface area contributed by atoms with Crippen LogP contribution in [0.15, 0.2) is 36.4 Å². The number of fused-ring (bicyclic) bond motifs is 1. The second-order valence-corrected chi connectivity index (χ2v) is 5.15. The topological polar surface area (TPSA) is 16.1 Å². The minimum absolute atomic E-state index is 0.573. The van der Waals surface area contributed by atoms with Crippen LogP contribution in [0.25, 0.3) is 0 Å². The second-order valence-electron chi connectivity index (χ2n) is 4.77. The van der Waals surface area contributed by atoms with Crippen molar-refractivity contribution in [3.63, 3.8) is 0 Å². The zero-order valence-corrected chi connectivity index (χ0v) is 11.1. The molecule has 2 nitrogen and oxygen atoms in total. The van der Waals surface area contributed by atoms with Gasteiger partial charge in [-0.05, 0) is 42.2 Å². The van der Waals surface area contributed by atoms with Gasteiger partial charge in [0.05, 0.1) is 0 Å². The molecule has 92 valence electrons. The average Bonchev–Trinajstić information content (AvgIpc) is 2.37. The Balaban J connectivity index is 1.91. The maximum atomic E-state index is 6.03. The van der Waals surface area contributed by atoms with E-state index in [0.29, 0.717) is 5.15 Å². The lowest BCUT2D eigenvalue weighted by atomic mass is 10.00. The highest BCUT2D eigenvalue weighted by atomic mass is 35.5. The maximum absolute atomic E-state index is 6.03. The molecule has 3 rings (SSSR count). The molecule has 0 bridgehead atoms. The minimum atomic E-state index is 0.573. The van der Waals surface area contributed by atoms with E-state index < -0.39 is 0 Å². The monoisotopic (exact) mass is 258 g/mol. The Labute approximate surface area is 112 Å². The number of benzene rings is 1. The molecule has 1 aliphatic rings. The number of anilines is 1. The molecule has 2 heterocycles. The van der Waals surface area contributed by atoms with Gasteiger partial charge in [0.25, 0.3) is 0 Å². The van der Waals surface area contributed by atoms with Crippen LogP contribution in [-0.2, 0) is 13.0 Å². The number of pyridine rings is 1. The third-order valence-electron chi connectivity index (χ3n) is 3.38. The van der Waals surface area contributed by atoms with Crippen molar-refractivity contribution in [1.82, 2.24) is 4.98 Å². The molecule has 0 saturated carbocycles. The van der Waals surface area contributed by atoms with E-state index in [0.717, 1.165) is 30.9 Å². The van der Waals surface area contributed by atoms with E-state index in [4.69, 9.17) is 11.6 Å². The minimum Gasteiger partial charge on any atom is -0.352 e. The summed E-state index contributed by atoms with van der Waals surface area (Å²) in [7, 11) is 0. The number of hydrogen-bond donors (Lipinski definition) is 0. The molecule has 0 atom stereocenters. The molecule has 0 spiro atoms. The lowest BCUT2D eigenvalue weighted by Crippen LogP contribution is -2.31. The van der Waals surface area contributed by atoms with Crippen LogP contribution in [0.1, 0.15) is 16.7 Å². The van der Waals surface area contributed by atoms with Crippen molar-refractivity contribution in [2.45, 2.75) is 19.9 Å². The van der Waals surface area contributed by atoms with E-state index in [1.807, 2.05) is 6.07 Å². The first-order valence-electron chi connectivity index (χ1n) is 6.18. The fourth-order valence-electron chi connectivity index (χ4n) is 2.46. The van der Waals surface area contributed by atoms with Crippen LogP contribution in [0.2, 0.25) is 5.15 Å². The summed E-state index contributed by atoms with van der Waals surface area (Å²) < 4.78 is 0. The molecule has 0 fully saturated rings. The molecular weight excluding hydrogens is 244 g/mol. The molecule has 3 heteroatoms. The van der Waals surface area contributed by atoms with Gasteiger partial charge in [-0.3, -0.25) is 0 Å². The van der Waals surface area contributed by atoms with Gasteiger partial charge in [0.2, 0.25) is 0 Å². The van der Waals surface area contributed by atoms with Gasteiger partial charge in [0.15, 0.2) is 0 Å². The largest absolute Gasteiger partial charge is 0.352 e. The molecule has 1 aliphatic heterocycles. The lowest BCUT2D eigenvalue weighted by Gasteiger charge is -2.30. The third kappa shape index (κ3) is 2.21. The smallest absolute Gasteiger partial charge is 0.131 e. The van der Waals surface area contributed by atoms with E-state index >= 15 is 0 Å². The van der Waals surface area contributed by atoms with Gasteiger partial charge in [-0.25, -0.2) is 4.98 Å². The van der Waals surface area contributed by atoms with Crippen molar-refractivity contribution in [2.24, 2.45) is 0 Å². The number of halogens is 1. The summed E-state index contributed by atoms with van der Waals surface area (Å²) in [4.78, 5) is 6.71. The van der Waals surface area contributed by atoms with Crippen molar-refractivity contribution < 1.29 is 0 Å². The predicted molar refractivity (Wildman–Crippen MR) is 75.2 cm³/mol.